The lowest BCUT2D eigenvalue weighted by atomic mass is 9.98. The summed E-state index contributed by atoms with van der Waals surface area (Å²) >= 11 is 3.51. The van der Waals surface area contributed by atoms with E-state index < -0.39 is 0 Å². The van der Waals surface area contributed by atoms with Crippen molar-refractivity contribution in [1.82, 2.24) is 9.61 Å². The highest BCUT2D eigenvalue weighted by Gasteiger charge is 2.20. The van der Waals surface area contributed by atoms with Gasteiger partial charge in [-0.2, -0.15) is 5.10 Å². The lowest BCUT2D eigenvalue weighted by Gasteiger charge is -2.13. The molecule has 0 aromatic carbocycles. The second-order valence-electron chi connectivity index (χ2n) is 4.76. The number of carbonyl (C=O) groups is 1. The Morgan fingerprint density at radius 1 is 1.53 bits per heavy atom. The van der Waals surface area contributed by atoms with Crippen LogP contribution in [0.5, 0.6) is 0 Å². The van der Waals surface area contributed by atoms with Crippen molar-refractivity contribution in [3.63, 3.8) is 0 Å². The number of carbonyl (C=O) groups excluding carboxylic acids is 1. The Balaban J connectivity index is 2.72. The molecule has 0 amide bonds. The summed E-state index contributed by atoms with van der Waals surface area (Å²) in [6.07, 6.45) is 1.59. The summed E-state index contributed by atoms with van der Waals surface area (Å²) in [6, 6.07) is 2.04. The highest BCUT2D eigenvalue weighted by molar-refractivity contribution is 9.10. The van der Waals surface area contributed by atoms with Crippen molar-refractivity contribution >= 4 is 27.4 Å². The molecule has 2 aromatic heterocycles. The average molecular weight is 325 g/mol. The van der Waals surface area contributed by atoms with E-state index >= 15 is 0 Å². The highest BCUT2D eigenvalue weighted by Crippen LogP contribution is 2.29. The monoisotopic (exact) mass is 324 g/mol. The fourth-order valence-corrected chi connectivity index (χ4v) is 2.60. The zero-order valence-electron chi connectivity index (χ0n) is 11.5. The Labute approximate surface area is 120 Å². The van der Waals surface area contributed by atoms with Gasteiger partial charge in [0.05, 0.1) is 23.9 Å². The van der Waals surface area contributed by atoms with E-state index in [4.69, 9.17) is 4.74 Å². The van der Waals surface area contributed by atoms with Gasteiger partial charge in [0.2, 0.25) is 0 Å². The first kappa shape index (κ1) is 14.1. The summed E-state index contributed by atoms with van der Waals surface area (Å²) in [5, 5.41) is 4.32. The molecule has 0 N–H and O–H groups in total. The van der Waals surface area contributed by atoms with Crippen LogP contribution in [0, 0.1) is 6.92 Å². The number of aryl methyl sites for hydroxylation is 1. The van der Waals surface area contributed by atoms with E-state index in [0.717, 1.165) is 21.2 Å². The summed E-state index contributed by atoms with van der Waals surface area (Å²) in [6.45, 7) is 8.30. The number of ether oxygens (including phenoxy) is 1. The topological polar surface area (TPSA) is 43.6 Å². The molecular formula is C14H17BrN2O2. The summed E-state index contributed by atoms with van der Waals surface area (Å²) in [7, 11) is 0. The van der Waals surface area contributed by atoms with Crippen LogP contribution in [-0.4, -0.2) is 22.2 Å². The summed E-state index contributed by atoms with van der Waals surface area (Å²) in [5.41, 5.74) is 3.57. The van der Waals surface area contributed by atoms with Crippen molar-refractivity contribution in [3.05, 3.63) is 33.6 Å². The van der Waals surface area contributed by atoms with Gasteiger partial charge in [0.1, 0.15) is 4.60 Å². The van der Waals surface area contributed by atoms with Crippen molar-refractivity contribution in [2.24, 2.45) is 0 Å². The second kappa shape index (κ2) is 5.33. The minimum absolute atomic E-state index is 0.214. The van der Waals surface area contributed by atoms with Gasteiger partial charge in [-0.25, -0.2) is 9.31 Å². The molecule has 0 aliphatic rings. The van der Waals surface area contributed by atoms with Crippen LogP contribution < -0.4 is 0 Å². The molecule has 0 spiro atoms. The molecule has 2 aromatic rings. The largest absolute Gasteiger partial charge is 0.462 e. The van der Waals surface area contributed by atoms with Gasteiger partial charge in [0, 0.05) is 0 Å². The third-order valence-electron chi connectivity index (χ3n) is 3.03. The molecule has 0 aliphatic heterocycles. The predicted molar refractivity (Wildman–Crippen MR) is 77.7 cm³/mol. The standard InChI is InChI=1S/C14H17BrN2O2/c1-5-19-14(18)10-7-16-17-11(12(10)8(2)3)6-9(4)13(17)15/h6-8H,5H2,1-4H3. The van der Waals surface area contributed by atoms with E-state index in [1.165, 1.54) is 0 Å². The normalized spacial score (nSPS) is 11.3. The number of hydrogen-bond acceptors (Lipinski definition) is 3. The maximum atomic E-state index is 12.0. The molecule has 0 atom stereocenters. The summed E-state index contributed by atoms with van der Waals surface area (Å²) in [5.74, 6) is -0.0951. The van der Waals surface area contributed by atoms with Crippen molar-refractivity contribution in [2.75, 3.05) is 6.61 Å². The Morgan fingerprint density at radius 2 is 2.21 bits per heavy atom. The molecule has 0 fully saturated rings. The number of esters is 1. The fourth-order valence-electron chi connectivity index (χ4n) is 2.20. The third-order valence-corrected chi connectivity index (χ3v) is 4.00. The molecule has 0 saturated heterocycles. The van der Waals surface area contributed by atoms with Crippen LogP contribution in [0.1, 0.15) is 48.2 Å². The Kier molecular flexibility index (Phi) is 3.94. The SMILES string of the molecule is CCOC(=O)c1cnn2c(Br)c(C)cc2c1C(C)C. The Morgan fingerprint density at radius 3 is 2.79 bits per heavy atom. The van der Waals surface area contributed by atoms with Crippen LogP contribution in [0.4, 0.5) is 0 Å². The van der Waals surface area contributed by atoms with Gasteiger partial charge >= 0.3 is 5.97 Å². The molecule has 0 aliphatic carbocycles. The minimum atomic E-state index is -0.309. The van der Waals surface area contributed by atoms with Crippen LogP contribution in [0.15, 0.2) is 16.9 Å². The van der Waals surface area contributed by atoms with E-state index in [-0.39, 0.29) is 11.9 Å². The maximum Gasteiger partial charge on any atom is 0.340 e. The van der Waals surface area contributed by atoms with Crippen LogP contribution in [-0.2, 0) is 4.74 Å². The van der Waals surface area contributed by atoms with Gasteiger partial charge in [-0.3, -0.25) is 0 Å². The second-order valence-corrected chi connectivity index (χ2v) is 5.51. The quantitative estimate of drug-likeness (QED) is 0.808. The summed E-state index contributed by atoms with van der Waals surface area (Å²) in [4.78, 5) is 12.0. The average Bonchev–Trinajstić information content (AvgIpc) is 2.64. The number of halogens is 1. The lowest BCUT2D eigenvalue weighted by molar-refractivity contribution is 0.0524. The first-order valence-corrected chi connectivity index (χ1v) is 7.10. The molecule has 0 bridgehead atoms. The van der Waals surface area contributed by atoms with E-state index in [0.29, 0.717) is 12.2 Å². The first-order valence-electron chi connectivity index (χ1n) is 6.31. The Hall–Kier alpha value is -1.36. The number of hydrogen-bond donors (Lipinski definition) is 0. The molecule has 19 heavy (non-hydrogen) atoms. The zero-order valence-corrected chi connectivity index (χ0v) is 13.1. The van der Waals surface area contributed by atoms with Gasteiger partial charge in [-0.05, 0) is 52.9 Å². The molecule has 0 saturated carbocycles. The predicted octanol–water partition coefficient (Wildman–Crippen LogP) is 3.71. The van der Waals surface area contributed by atoms with Gasteiger partial charge < -0.3 is 4.74 Å². The Bertz CT molecular complexity index is 632. The fraction of sp³-hybridized carbons (Fsp3) is 0.429. The first-order chi connectivity index (χ1) is 8.97. The molecule has 2 rings (SSSR count). The van der Waals surface area contributed by atoms with Crippen molar-refractivity contribution in [2.45, 2.75) is 33.6 Å². The maximum absolute atomic E-state index is 12.0. The van der Waals surface area contributed by atoms with Gasteiger partial charge in [0.15, 0.2) is 0 Å². The molecular weight excluding hydrogens is 308 g/mol. The van der Waals surface area contributed by atoms with E-state index in [9.17, 15) is 4.79 Å². The van der Waals surface area contributed by atoms with E-state index in [2.05, 4.69) is 34.9 Å². The number of fused-ring (bicyclic) bond motifs is 1. The van der Waals surface area contributed by atoms with Crippen LogP contribution in [0.25, 0.3) is 5.52 Å². The number of nitrogens with zero attached hydrogens (tertiary/aromatic N) is 2. The smallest absolute Gasteiger partial charge is 0.340 e. The van der Waals surface area contributed by atoms with Gasteiger partial charge in [-0.15, -0.1) is 0 Å². The zero-order chi connectivity index (χ0) is 14.2. The van der Waals surface area contributed by atoms with Crippen molar-refractivity contribution in [3.8, 4) is 0 Å². The molecule has 102 valence electrons. The van der Waals surface area contributed by atoms with Crippen LogP contribution >= 0.6 is 15.9 Å². The van der Waals surface area contributed by atoms with Crippen molar-refractivity contribution < 1.29 is 9.53 Å². The highest BCUT2D eigenvalue weighted by atomic mass is 79.9. The molecule has 0 unspecified atom stereocenters. The van der Waals surface area contributed by atoms with Crippen molar-refractivity contribution in [1.29, 1.82) is 0 Å². The van der Waals surface area contributed by atoms with Gasteiger partial charge in [0.25, 0.3) is 0 Å². The van der Waals surface area contributed by atoms with E-state index in [1.807, 2.05) is 17.5 Å². The molecule has 5 heteroatoms. The molecule has 4 nitrogen and oxygen atoms in total. The van der Waals surface area contributed by atoms with E-state index in [1.54, 1.807) is 13.1 Å². The van der Waals surface area contributed by atoms with Crippen LogP contribution in [0.2, 0.25) is 0 Å². The lowest BCUT2D eigenvalue weighted by Crippen LogP contribution is -2.12. The number of rotatable bonds is 3. The molecule has 2 heterocycles. The van der Waals surface area contributed by atoms with Crippen LogP contribution in [0.3, 0.4) is 0 Å². The van der Waals surface area contributed by atoms with Gasteiger partial charge in [-0.1, -0.05) is 13.8 Å². The third kappa shape index (κ3) is 2.39. The minimum Gasteiger partial charge on any atom is -0.462 e. The summed E-state index contributed by atoms with van der Waals surface area (Å²) < 4.78 is 7.83. The number of aromatic nitrogens is 2. The molecule has 0 radical (unpaired) electrons.